The molecule has 0 heterocycles. The smallest absolute Gasteiger partial charge is 0.328 e. The molecule has 0 spiro atoms. The van der Waals surface area contributed by atoms with Gasteiger partial charge in [0.1, 0.15) is 16.3 Å². The van der Waals surface area contributed by atoms with E-state index in [0.29, 0.717) is 28.1 Å². The Morgan fingerprint density at radius 1 is 0.773 bits per heavy atom. The number of anilines is 1. The van der Waals surface area contributed by atoms with Crippen molar-refractivity contribution in [3.05, 3.63) is 84.4 Å². The summed E-state index contributed by atoms with van der Waals surface area (Å²) in [4.78, 5) is 21.5. The number of carbonyl (C=O) groups is 2. The van der Waals surface area contributed by atoms with E-state index in [2.05, 4.69) is 25.8 Å². The van der Waals surface area contributed by atoms with Gasteiger partial charge in [0.2, 0.25) is 5.91 Å². The number of azo groups is 2. The second kappa shape index (κ2) is 12.5. The molecule has 4 rings (SSSR count). The second-order valence-corrected chi connectivity index (χ2v) is 11.8. The van der Waals surface area contributed by atoms with Crippen molar-refractivity contribution < 1.29 is 45.7 Å². The highest BCUT2D eigenvalue weighted by molar-refractivity contribution is 7.86. The summed E-state index contributed by atoms with van der Waals surface area (Å²) < 4.78 is 65.4. The van der Waals surface area contributed by atoms with E-state index < -0.39 is 37.0 Å². The molecule has 17 heteroatoms. The number of carbonyl (C=O) groups excluding carboxylic acids is 1. The van der Waals surface area contributed by atoms with Crippen LogP contribution < -0.4 is 5.32 Å². The number of phenolic OH excluding ortho intramolecular Hbond substituents is 1. The third-order valence-corrected chi connectivity index (χ3v) is 7.57. The third-order valence-electron chi connectivity index (χ3n) is 5.82. The van der Waals surface area contributed by atoms with Gasteiger partial charge in [0.25, 0.3) is 20.2 Å². The van der Waals surface area contributed by atoms with Gasteiger partial charge in [-0.25, -0.2) is 4.79 Å². The van der Waals surface area contributed by atoms with E-state index in [1.807, 2.05) is 0 Å². The molecule has 0 radical (unpaired) electrons. The van der Waals surface area contributed by atoms with Crippen LogP contribution in [0.1, 0.15) is 5.56 Å². The molecule has 1 amide bonds. The summed E-state index contributed by atoms with van der Waals surface area (Å²) in [5.74, 6) is -2.25. The van der Waals surface area contributed by atoms with Gasteiger partial charge in [-0.3, -0.25) is 13.9 Å². The number of aromatic hydroxyl groups is 1. The molecule has 0 aliphatic rings. The van der Waals surface area contributed by atoms with Gasteiger partial charge in [0, 0.05) is 23.2 Å². The third kappa shape index (κ3) is 7.72. The van der Waals surface area contributed by atoms with Gasteiger partial charge in [-0.05, 0) is 84.6 Å². The highest BCUT2D eigenvalue weighted by Crippen LogP contribution is 2.40. The fraction of sp³-hybridized carbons (Fsp3) is 0.0370. The van der Waals surface area contributed by atoms with Crippen LogP contribution in [0.5, 0.6) is 5.75 Å². The van der Waals surface area contributed by atoms with E-state index in [9.17, 15) is 36.1 Å². The molecule has 0 saturated heterocycles. The molecule has 15 nitrogen and oxygen atoms in total. The number of nitrogens with one attached hydrogen (secondary N) is 1. The first-order valence-corrected chi connectivity index (χ1v) is 15.0. The van der Waals surface area contributed by atoms with Crippen molar-refractivity contribution in [2.24, 2.45) is 20.5 Å². The normalized spacial score (nSPS) is 12.4. The molecule has 5 N–H and O–H groups in total. The average molecular weight is 640 g/mol. The maximum Gasteiger partial charge on any atom is 0.328 e. The Labute approximate surface area is 249 Å². The molecule has 0 unspecified atom stereocenters. The second-order valence-electron chi connectivity index (χ2n) is 8.98. The fourth-order valence-electron chi connectivity index (χ4n) is 3.81. The number of phenols is 1. The minimum absolute atomic E-state index is 0.00271. The van der Waals surface area contributed by atoms with Crippen molar-refractivity contribution in [3.63, 3.8) is 0 Å². The summed E-state index contributed by atoms with van der Waals surface area (Å²) in [5.41, 5.74) is 0.637. The first-order valence-electron chi connectivity index (χ1n) is 12.1. The molecule has 0 aromatic heterocycles. The van der Waals surface area contributed by atoms with Gasteiger partial charge >= 0.3 is 5.97 Å². The number of nitrogens with zero attached hydrogens (tertiary/aromatic N) is 4. The molecular formula is C27H21N5O10S2. The molecule has 44 heavy (non-hydrogen) atoms. The molecule has 0 aliphatic heterocycles. The minimum Gasteiger partial charge on any atom is -0.505 e. The van der Waals surface area contributed by atoms with E-state index >= 15 is 0 Å². The lowest BCUT2D eigenvalue weighted by molar-refractivity contribution is -0.131. The van der Waals surface area contributed by atoms with Crippen molar-refractivity contribution in [2.45, 2.75) is 16.7 Å². The maximum atomic E-state index is 12.1. The molecule has 4 aromatic carbocycles. The highest BCUT2D eigenvalue weighted by Gasteiger charge is 2.18. The Bertz CT molecular complexity index is 2110. The van der Waals surface area contributed by atoms with Crippen molar-refractivity contribution >= 4 is 71.3 Å². The lowest BCUT2D eigenvalue weighted by Crippen LogP contribution is -2.08. The number of aryl methyl sites for hydroxylation is 1. The van der Waals surface area contributed by atoms with Crippen LogP contribution in [0.3, 0.4) is 0 Å². The highest BCUT2D eigenvalue weighted by atomic mass is 32.2. The monoisotopic (exact) mass is 639 g/mol. The summed E-state index contributed by atoms with van der Waals surface area (Å²) in [5, 5.41) is 38.5. The van der Waals surface area contributed by atoms with Crippen LogP contribution in [0.15, 0.2) is 109 Å². The first kappa shape index (κ1) is 31.6. The fourth-order valence-corrected chi connectivity index (χ4v) is 4.93. The standard InChI is InChI=1S/C27H21N5O10S2/c1-15-12-16-13-18(28-24(33)10-11-25(34)35)4-8-21(16)27(36)26(15)32-31-22-9-5-19(14-23(22)44(40,41)42)30-29-17-2-6-20(7-3-17)43(37,38)39/h2-14,36H,1H3,(H,28,33)(H,34,35)(H,37,38,39)(H,40,41,42)/b11-10-,30-29?,32-31?. The van der Waals surface area contributed by atoms with E-state index in [1.165, 1.54) is 36.4 Å². The van der Waals surface area contributed by atoms with Crippen molar-refractivity contribution in [2.75, 3.05) is 5.32 Å². The van der Waals surface area contributed by atoms with Crippen LogP contribution in [-0.2, 0) is 29.8 Å². The molecule has 226 valence electrons. The number of hydrogen-bond donors (Lipinski definition) is 5. The Hall–Kier alpha value is -5.36. The van der Waals surface area contributed by atoms with Crippen LogP contribution >= 0.6 is 0 Å². The number of hydrogen-bond acceptors (Lipinski definition) is 11. The zero-order valence-electron chi connectivity index (χ0n) is 22.3. The number of carboxylic acid groups (broad SMARTS) is 1. The topological polar surface area (TPSA) is 245 Å². The summed E-state index contributed by atoms with van der Waals surface area (Å²) in [6.07, 6.45) is 1.54. The van der Waals surface area contributed by atoms with Gasteiger partial charge in [0.15, 0.2) is 5.75 Å². The van der Waals surface area contributed by atoms with Gasteiger partial charge in [-0.1, -0.05) is 0 Å². The predicted molar refractivity (Wildman–Crippen MR) is 157 cm³/mol. The largest absolute Gasteiger partial charge is 0.505 e. The van der Waals surface area contributed by atoms with Crippen LogP contribution in [-0.4, -0.2) is 48.0 Å². The summed E-state index contributed by atoms with van der Waals surface area (Å²) in [6.45, 7) is 1.60. The SMILES string of the molecule is Cc1cc2cc(NC(=O)/C=C\C(=O)O)ccc2c(O)c1N=Nc1ccc(N=Nc2ccc(S(=O)(=O)O)cc2)cc1S(=O)(=O)O. The van der Waals surface area contributed by atoms with E-state index in [4.69, 9.17) is 9.66 Å². The maximum absolute atomic E-state index is 12.1. The first-order chi connectivity index (χ1) is 20.6. The van der Waals surface area contributed by atoms with Crippen molar-refractivity contribution in [1.29, 1.82) is 0 Å². The quantitative estimate of drug-likeness (QED) is 0.0841. The number of rotatable bonds is 9. The molecule has 0 fully saturated rings. The van der Waals surface area contributed by atoms with Crippen LogP contribution in [0.25, 0.3) is 10.8 Å². The van der Waals surface area contributed by atoms with E-state index in [-0.39, 0.29) is 33.4 Å². The lowest BCUT2D eigenvalue weighted by atomic mass is 10.0. The molecular weight excluding hydrogens is 618 g/mol. The summed E-state index contributed by atoms with van der Waals surface area (Å²) in [6, 6.07) is 14.3. The Morgan fingerprint density at radius 2 is 1.43 bits per heavy atom. The van der Waals surface area contributed by atoms with Gasteiger partial charge in [-0.15, -0.1) is 10.2 Å². The predicted octanol–water partition coefficient (Wildman–Crippen LogP) is 5.76. The minimum atomic E-state index is -4.83. The number of fused-ring (bicyclic) bond motifs is 1. The van der Waals surface area contributed by atoms with Crippen LogP contribution in [0.2, 0.25) is 0 Å². The van der Waals surface area contributed by atoms with E-state index in [0.717, 1.165) is 24.3 Å². The van der Waals surface area contributed by atoms with Crippen molar-refractivity contribution in [1.82, 2.24) is 0 Å². The Balaban J connectivity index is 1.62. The zero-order valence-corrected chi connectivity index (χ0v) is 24.0. The molecule has 0 bridgehead atoms. The van der Waals surface area contributed by atoms with Crippen LogP contribution in [0, 0.1) is 6.92 Å². The van der Waals surface area contributed by atoms with E-state index in [1.54, 1.807) is 19.1 Å². The zero-order chi connectivity index (χ0) is 32.2. The average Bonchev–Trinajstić information content (AvgIpc) is 2.94. The summed E-state index contributed by atoms with van der Waals surface area (Å²) in [7, 11) is -9.23. The Kier molecular flexibility index (Phi) is 8.95. The number of benzene rings is 4. The number of aliphatic carboxylic acids is 1. The van der Waals surface area contributed by atoms with Crippen molar-refractivity contribution in [3.8, 4) is 5.75 Å². The van der Waals surface area contributed by atoms with Gasteiger partial charge in [0.05, 0.1) is 16.3 Å². The molecule has 4 aromatic rings. The summed E-state index contributed by atoms with van der Waals surface area (Å²) >= 11 is 0. The molecule has 0 atom stereocenters. The Morgan fingerprint density at radius 3 is 2.07 bits per heavy atom. The van der Waals surface area contributed by atoms with Crippen LogP contribution in [0.4, 0.5) is 28.4 Å². The lowest BCUT2D eigenvalue weighted by Gasteiger charge is -2.10. The van der Waals surface area contributed by atoms with Gasteiger partial charge < -0.3 is 15.5 Å². The number of amides is 1. The van der Waals surface area contributed by atoms with Gasteiger partial charge in [-0.2, -0.15) is 27.1 Å². The molecule has 0 aliphatic carbocycles. The molecule has 0 saturated carbocycles. The number of carboxylic acids is 1.